The molecule has 0 saturated carbocycles. The van der Waals surface area contributed by atoms with E-state index in [0.29, 0.717) is 6.54 Å². The number of fused-ring (bicyclic) bond motifs is 1. The number of hydrogen-bond donors (Lipinski definition) is 4. The SMILES string of the molecule is CCCCNc1nc2c(N)ncnc2n1C1OC(COP(=O)([O-])[O-])C(O)C1O.[Na+].[Na+]. The molecule has 16 heteroatoms. The van der Waals surface area contributed by atoms with Crippen LogP contribution in [0.2, 0.25) is 0 Å². The standard InChI is InChI=1S/C14H23N6O7P.2Na/c1-2-3-4-16-14-19-8-11(15)17-6-18-12(8)20(14)13-10(22)9(21)7(27-13)5-26-28(23,24)25;;/h6-7,9-10,13,21-22H,2-5H2,1H3,(H,16,19)(H2,15,17,18)(H2,23,24,25);;/q;2*+1/p-2. The Hall–Kier alpha value is 0.140. The fourth-order valence-electron chi connectivity index (χ4n) is 2.91. The number of rotatable bonds is 8. The van der Waals surface area contributed by atoms with Crippen molar-refractivity contribution in [3.05, 3.63) is 6.33 Å². The van der Waals surface area contributed by atoms with Crippen LogP contribution in [0, 0.1) is 0 Å². The van der Waals surface area contributed by atoms with Crippen molar-refractivity contribution >= 4 is 30.8 Å². The maximum Gasteiger partial charge on any atom is 1.00 e. The summed E-state index contributed by atoms with van der Waals surface area (Å²) in [4.78, 5) is 33.7. The summed E-state index contributed by atoms with van der Waals surface area (Å²) in [7, 11) is -5.26. The average Bonchev–Trinajstić information content (AvgIpc) is 3.12. The van der Waals surface area contributed by atoms with Crippen LogP contribution in [0.3, 0.4) is 0 Å². The molecule has 30 heavy (non-hydrogen) atoms. The third-order valence-corrected chi connectivity index (χ3v) is 4.77. The number of unbranched alkanes of at least 4 members (excludes halogenated alkanes) is 1. The first kappa shape index (κ1) is 28.2. The van der Waals surface area contributed by atoms with Crippen LogP contribution in [0.25, 0.3) is 11.2 Å². The molecule has 0 spiro atoms. The molecule has 1 saturated heterocycles. The Bertz CT molecular complexity index is 884. The van der Waals surface area contributed by atoms with E-state index in [1.165, 1.54) is 10.9 Å². The molecule has 5 N–H and O–H groups in total. The summed E-state index contributed by atoms with van der Waals surface area (Å²) in [5.41, 5.74) is 6.37. The Morgan fingerprint density at radius 3 is 2.67 bits per heavy atom. The van der Waals surface area contributed by atoms with Crippen molar-refractivity contribution in [2.45, 2.75) is 44.3 Å². The van der Waals surface area contributed by atoms with E-state index in [9.17, 15) is 24.6 Å². The van der Waals surface area contributed by atoms with Gasteiger partial charge in [-0.3, -0.25) is 4.57 Å². The first-order valence-corrected chi connectivity index (χ1v) is 10.1. The molecule has 2 aromatic rings. The van der Waals surface area contributed by atoms with Gasteiger partial charge in [0.2, 0.25) is 5.95 Å². The molecule has 0 radical (unpaired) electrons. The summed E-state index contributed by atoms with van der Waals surface area (Å²) in [6, 6.07) is 0. The molecule has 0 aromatic carbocycles. The zero-order valence-corrected chi connectivity index (χ0v) is 21.9. The number of hydrogen-bond acceptors (Lipinski definition) is 12. The van der Waals surface area contributed by atoms with E-state index in [-0.39, 0.29) is 82.0 Å². The second kappa shape index (κ2) is 11.8. The fourth-order valence-corrected chi connectivity index (χ4v) is 3.24. The molecule has 4 atom stereocenters. The normalized spacial score (nSPS) is 23.8. The molecule has 0 aliphatic carbocycles. The molecule has 0 amide bonds. The number of nitrogen functional groups attached to an aromatic ring is 1. The first-order chi connectivity index (χ1) is 13.2. The second-order valence-corrected chi connectivity index (χ2v) is 7.46. The molecule has 3 rings (SSSR count). The predicted molar refractivity (Wildman–Crippen MR) is 92.6 cm³/mol. The summed E-state index contributed by atoms with van der Waals surface area (Å²) >= 11 is 0. The summed E-state index contributed by atoms with van der Waals surface area (Å²) in [6.07, 6.45) is -2.40. The Balaban J connectivity index is 0.00000225. The number of imidazole rings is 1. The van der Waals surface area contributed by atoms with Crippen molar-refractivity contribution in [1.29, 1.82) is 0 Å². The Kier molecular flexibility index (Phi) is 11.1. The fraction of sp³-hybridized carbons (Fsp3) is 0.643. The second-order valence-electron chi connectivity index (χ2n) is 6.31. The van der Waals surface area contributed by atoms with Gasteiger partial charge in [-0.15, -0.1) is 0 Å². The first-order valence-electron chi connectivity index (χ1n) is 8.63. The van der Waals surface area contributed by atoms with Crippen LogP contribution in [-0.4, -0.2) is 61.2 Å². The van der Waals surface area contributed by atoms with Crippen molar-refractivity contribution in [2.75, 3.05) is 24.2 Å². The molecule has 1 aliphatic heterocycles. The smallest absolute Gasteiger partial charge is 0.790 e. The number of phosphoric acid groups is 1. The number of aromatic nitrogens is 4. The predicted octanol–water partition coefficient (Wildman–Crippen LogP) is -7.91. The van der Waals surface area contributed by atoms with Gasteiger partial charge in [0, 0.05) is 6.54 Å². The van der Waals surface area contributed by atoms with Crippen LogP contribution < -0.4 is 80.0 Å². The maximum absolute atomic E-state index is 10.7. The van der Waals surface area contributed by atoms with E-state index in [0.717, 1.165) is 12.8 Å². The monoisotopic (exact) mass is 462 g/mol. The van der Waals surface area contributed by atoms with Gasteiger partial charge in [0.1, 0.15) is 24.6 Å². The van der Waals surface area contributed by atoms with Gasteiger partial charge in [0.25, 0.3) is 0 Å². The molecule has 3 heterocycles. The summed E-state index contributed by atoms with van der Waals surface area (Å²) in [5.74, 6) is 0.403. The minimum Gasteiger partial charge on any atom is -0.790 e. The number of nitrogens with zero attached hydrogens (tertiary/aromatic N) is 4. The van der Waals surface area contributed by atoms with Crippen LogP contribution in [0.5, 0.6) is 0 Å². The van der Waals surface area contributed by atoms with Gasteiger partial charge in [-0.05, 0) is 6.42 Å². The van der Waals surface area contributed by atoms with Gasteiger partial charge < -0.3 is 44.9 Å². The van der Waals surface area contributed by atoms with Crippen LogP contribution in [-0.2, 0) is 13.8 Å². The zero-order valence-electron chi connectivity index (χ0n) is 17.0. The molecule has 0 bridgehead atoms. The van der Waals surface area contributed by atoms with Gasteiger partial charge in [-0.1, -0.05) is 13.3 Å². The molecule has 13 nitrogen and oxygen atoms in total. The Morgan fingerprint density at radius 1 is 1.33 bits per heavy atom. The van der Waals surface area contributed by atoms with Gasteiger partial charge in [-0.25, -0.2) is 15.0 Å². The number of nitrogens with two attached hydrogens (primary N) is 1. The van der Waals surface area contributed by atoms with E-state index in [4.69, 9.17) is 10.5 Å². The molecular weight excluding hydrogens is 441 g/mol. The van der Waals surface area contributed by atoms with Gasteiger partial charge in [-0.2, -0.15) is 0 Å². The topological polar surface area (TPSA) is 204 Å². The number of nitrogens with one attached hydrogen (secondary N) is 1. The van der Waals surface area contributed by atoms with Crippen molar-refractivity contribution in [2.24, 2.45) is 0 Å². The maximum atomic E-state index is 10.7. The van der Waals surface area contributed by atoms with E-state index in [1.54, 1.807) is 0 Å². The Labute approximate surface area is 216 Å². The van der Waals surface area contributed by atoms with Gasteiger partial charge in [0.05, 0.1) is 14.4 Å². The molecular formula is C14H21N6Na2O7P. The molecule has 4 unspecified atom stereocenters. The van der Waals surface area contributed by atoms with Crippen LogP contribution in [0.1, 0.15) is 26.0 Å². The minimum atomic E-state index is -5.26. The molecule has 156 valence electrons. The number of anilines is 2. The van der Waals surface area contributed by atoms with E-state index in [2.05, 4.69) is 24.8 Å². The van der Waals surface area contributed by atoms with Gasteiger partial charge in [0.15, 0.2) is 23.2 Å². The number of aliphatic hydroxyl groups excluding tert-OH is 2. The van der Waals surface area contributed by atoms with E-state index < -0.39 is 39.0 Å². The minimum absolute atomic E-state index is 0. The number of aliphatic hydroxyl groups is 2. The molecule has 2 aromatic heterocycles. The van der Waals surface area contributed by atoms with Crippen molar-refractivity contribution in [3.8, 4) is 0 Å². The summed E-state index contributed by atoms with van der Waals surface area (Å²) in [5, 5.41) is 23.7. The molecule has 1 fully saturated rings. The van der Waals surface area contributed by atoms with E-state index >= 15 is 0 Å². The van der Waals surface area contributed by atoms with Crippen LogP contribution >= 0.6 is 7.82 Å². The number of ether oxygens (including phenoxy) is 1. The average molecular weight is 462 g/mol. The van der Waals surface area contributed by atoms with E-state index in [1.807, 2.05) is 6.92 Å². The Morgan fingerprint density at radius 2 is 2.03 bits per heavy atom. The molecule has 1 aliphatic rings. The third kappa shape index (κ3) is 6.35. The quantitative estimate of drug-likeness (QED) is 0.164. The van der Waals surface area contributed by atoms with Crippen molar-refractivity contribution in [1.82, 2.24) is 19.5 Å². The van der Waals surface area contributed by atoms with Crippen LogP contribution in [0.4, 0.5) is 11.8 Å². The number of phosphoric ester groups is 1. The van der Waals surface area contributed by atoms with Crippen LogP contribution in [0.15, 0.2) is 6.33 Å². The summed E-state index contributed by atoms with van der Waals surface area (Å²) < 4.78 is 21.9. The van der Waals surface area contributed by atoms with Crippen molar-refractivity contribution < 1.29 is 92.9 Å². The van der Waals surface area contributed by atoms with Crippen molar-refractivity contribution in [3.63, 3.8) is 0 Å². The third-order valence-electron chi connectivity index (χ3n) is 4.31. The van der Waals surface area contributed by atoms with Gasteiger partial charge >= 0.3 is 59.1 Å². The summed E-state index contributed by atoms with van der Waals surface area (Å²) in [6.45, 7) is 1.85. The largest absolute Gasteiger partial charge is 1.00 e. The zero-order chi connectivity index (χ0) is 20.5.